The van der Waals surface area contributed by atoms with E-state index >= 15 is 0 Å². The van der Waals surface area contributed by atoms with Gasteiger partial charge in [0.25, 0.3) is 10.0 Å². The third kappa shape index (κ3) is 2.67. The molecule has 2 N–H and O–H groups in total. The monoisotopic (exact) mass is 259 g/mol. The van der Waals surface area contributed by atoms with E-state index in [9.17, 15) is 8.42 Å². The summed E-state index contributed by atoms with van der Waals surface area (Å²) in [6.07, 6.45) is 4.16. The Morgan fingerprint density at radius 2 is 2.41 bits per heavy atom. The second-order valence-corrected chi connectivity index (χ2v) is 5.68. The van der Waals surface area contributed by atoms with Gasteiger partial charge in [0, 0.05) is 19.2 Å². The van der Waals surface area contributed by atoms with Crippen molar-refractivity contribution in [1.29, 1.82) is 0 Å². The van der Waals surface area contributed by atoms with Crippen LogP contribution in [0, 0.1) is 0 Å². The fourth-order valence-electron chi connectivity index (χ4n) is 2.07. The van der Waals surface area contributed by atoms with Crippen LogP contribution in [0.3, 0.4) is 0 Å². The molecule has 1 unspecified atom stereocenters. The number of nitrogens with zero attached hydrogens (tertiary/aromatic N) is 2. The summed E-state index contributed by atoms with van der Waals surface area (Å²) in [7, 11) is -3.73. The maximum Gasteiger partial charge on any atom is 0.257 e. The van der Waals surface area contributed by atoms with Gasteiger partial charge in [-0.3, -0.25) is 0 Å². The Morgan fingerprint density at radius 1 is 1.65 bits per heavy atom. The minimum Gasteiger partial charge on any atom is -0.379 e. The minimum absolute atomic E-state index is 0.0556. The van der Waals surface area contributed by atoms with Crippen molar-refractivity contribution in [3.63, 3.8) is 0 Å². The van der Waals surface area contributed by atoms with Gasteiger partial charge in [0.05, 0.1) is 12.6 Å². The Kier molecular flexibility index (Phi) is 3.50. The lowest BCUT2D eigenvalue weighted by Crippen LogP contribution is -2.22. The number of aryl methyl sites for hydroxylation is 1. The number of rotatable bonds is 3. The number of sulfonamides is 1. The molecule has 6 nitrogen and oxygen atoms in total. The predicted molar refractivity (Wildman–Crippen MR) is 62.1 cm³/mol. The van der Waals surface area contributed by atoms with E-state index in [1.807, 2.05) is 11.5 Å². The van der Waals surface area contributed by atoms with Gasteiger partial charge in [-0.2, -0.15) is 0 Å². The molecule has 0 aliphatic carbocycles. The highest BCUT2D eigenvalue weighted by Crippen LogP contribution is 2.23. The Hall–Kier alpha value is -0.920. The van der Waals surface area contributed by atoms with Gasteiger partial charge in [0.15, 0.2) is 5.03 Å². The Balaban J connectivity index is 2.35. The van der Waals surface area contributed by atoms with Crippen molar-refractivity contribution in [2.45, 2.75) is 37.3 Å². The highest BCUT2D eigenvalue weighted by atomic mass is 32.2. The van der Waals surface area contributed by atoms with Crippen molar-refractivity contribution >= 4 is 10.0 Å². The topological polar surface area (TPSA) is 87.2 Å². The van der Waals surface area contributed by atoms with Gasteiger partial charge in [-0.05, 0) is 12.8 Å². The number of primary sulfonamides is 1. The summed E-state index contributed by atoms with van der Waals surface area (Å²) in [4.78, 5) is 4.07. The summed E-state index contributed by atoms with van der Waals surface area (Å²) in [6, 6.07) is 0.168. The summed E-state index contributed by atoms with van der Waals surface area (Å²) in [5.41, 5.74) is 0. The smallest absolute Gasteiger partial charge is 0.257 e. The van der Waals surface area contributed by atoms with E-state index < -0.39 is 10.0 Å². The van der Waals surface area contributed by atoms with E-state index in [0.29, 0.717) is 13.0 Å². The molecule has 0 radical (unpaired) electrons. The second-order valence-electron chi connectivity index (χ2n) is 4.17. The van der Waals surface area contributed by atoms with Crippen LogP contribution in [-0.2, 0) is 21.2 Å². The Bertz CT molecular complexity index is 489. The molecular weight excluding hydrogens is 242 g/mol. The molecule has 1 aliphatic heterocycles. The molecule has 2 heterocycles. The summed E-state index contributed by atoms with van der Waals surface area (Å²) in [5, 5.41) is 5.03. The lowest BCUT2D eigenvalue weighted by molar-refractivity contribution is 0.0582. The molecule has 0 saturated carbocycles. The lowest BCUT2D eigenvalue weighted by Gasteiger charge is -2.24. The summed E-state index contributed by atoms with van der Waals surface area (Å²) in [5.74, 6) is 0.740. The van der Waals surface area contributed by atoms with Crippen LogP contribution in [0.1, 0.15) is 31.6 Å². The molecule has 1 atom stereocenters. The van der Waals surface area contributed by atoms with Gasteiger partial charge < -0.3 is 9.30 Å². The second kappa shape index (κ2) is 4.75. The van der Waals surface area contributed by atoms with Crippen LogP contribution < -0.4 is 5.14 Å². The van der Waals surface area contributed by atoms with Gasteiger partial charge in [0.2, 0.25) is 0 Å². The molecular formula is C10H17N3O3S. The SMILES string of the molecule is CCc1nc(S(N)(=O)=O)cn1C1CCCOC1. The fourth-order valence-corrected chi connectivity index (χ4v) is 2.56. The number of ether oxygens (including phenoxy) is 1. The van der Waals surface area contributed by atoms with Gasteiger partial charge in [-0.1, -0.05) is 6.92 Å². The summed E-state index contributed by atoms with van der Waals surface area (Å²) in [6.45, 7) is 3.32. The first-order valence-corrected chi connectivity index (χ1v) is 7.25. The third-order valence-corrected chi connectivity index (χ3v) is 3.70. The molecule has 0 spiro atoms. The average molecular weight is 259 g/mol. The van der Waals surface area contributed by atoms with E-state index in [1.54, 1.807) is 0 Å². The third-order valence-electron chi connectivity index (χ3n) is 2.92. The Morgan fingerprint density at radius 3 is 2.94 bits per heavy atom. The number of aromatic nitrogens is 2. The van der Waals surface area contributed by atoms with Crippen LogP contribution in [0.4, 0.5) is 0 Å². The van der Waals surface area contributed by atoms with E-state index in [0.717, 1.165) is 25.3 Å². The molecule has 0 aromatic carbocycles. The zero-order valence-electron chi connectivity index (χ0n) is 9.80. The number of hydrogen-bond donors (Lipinski definition) is 1. The Labute approximate surface area is 101 Å². The molecule has 1 aromatic rings. The molecule has 7 heteroatoms. The average Bonchev–Trinajstić information content (AvgIpc) is 2.73. The zero-order chi connectivity index (χ0) is 12.5. The van der Waals surface area contributed by atoms with Crippen LogP contribution in [-0.4, -0.2) is 31.2 Å². The number of nitrogens with two attached hydrogens (primary N) is 1. The molecule has 1 fully saturated rings. The molecule has 1 saturated heterocycles. The molecule has 2 rings (SSSR count). The first kappa shape index (κ1) is 12.5. The number of hydrogen-bond acceptors (Lipinski definition) is 4. The van der Waals surface area contributed by atoms with Crippen molar-refractivity contribution in [1.82, 2.24) is 9.55 Å². The normalized spacial score (nSPS) is 21.6. The van der Waals surface area contributed by atoms with Crippen LogP contribution in [0.2, 0.25) is 0 Å². The van der Waals surface area contributed by atoms with Gasteiger partial charge in [0.1, 0.15) is 5.82 Å². The predicted octanol–water partition coefficient (Wildman–Crippen LogP) is 0.444. The van der Waals surface area contributed by atoms with Gasteiger partial charge in [-0.25, -0.2) is 18.5 Å². The fraction of sp³-hybridized carbons (Fsp3) is 0.700. The summed E-state index contributed by atoms with van der Waals surface area (Å²) >= 11 is 0. The van der Waals surface area contributed by atoms with Crippen LogP contribution in [0.5, 0.6) is 0 Å². The first-order chi connectivity index (χ1) is 8.02. The van der Waals surface area contributed by atoms with Crippen molar-refractivity contribution in [3.8, 4) is 0 Å². The largest absolute Gasteiger partial charge is 0.379 e. The maximum atomic E-state index is 11.3. The molecule has 1 aromatic heterocycles. The molecule has 96 valence electrons. The van der Waals surface area contributed by atoms with E-state index in [4.69, 9.17) is 9.88 Å². The van der Waals surface area contributed by atoms with E-state index in [1.165, 1.54) is 6.20 Å². The lowest BCUT2D eigenvalue weighted by atomic mass is 10.1. The van der Waals surface area contributed by atoms with Gasteiger partial charge in [-0.15, -0.1) is 0 Å². The zero-order valence-corrected chi connectivity index (χ0v) is 10.6. The quantitative estimate of drug-likeness (QED) is 0.853. The molecule has 0 bridgehead atoms. The number of imidazole rings is 1. The minimum atomic E-state index is -3.73. The van der Waals surface area contributed by atoms with Crippen molar-refractivity contribution < 1.29 is 13.2 Å². The van der Waals surface area contributed by atoms with Crippen molar-refractivity contribution in [2.75, 3.05) is 13.2 Å². The van der Waals surface area contributed by atoms with Crippen LogP contribution in [0.25, 0.3) is 0 Å². The molecule has 0 amide bonds. The maximum absolute atomic E-state index is 11.3. The first-order valence-electron chi connectivity index (χ1n) is 5.70. The molecule has 1 aliphatic rings. The standard InChI is InChI=1S/C10H17N3O3S/c1-2-9-12-10(17(11,14)15)6-13(9)8-4-3-5-16-7-8/h6,8H,2-5,7H2,1H3,(H2,11,14,15). The van der Waals surface area contributed by atoms with Crippen molar-refractivity contribution in [3.05, 3.63) is 12.0 Å². The van der Waals surface area contributed by atoms with Crippen LogP contribution in [0.15, 0.2) is 11.2 Å². The van der Waals surface area contributed by atoms with Crippen LogP contribution >= 0.6 is 0 Å². The van der Waals surface area contributed by atoms with E-state index in [2.05, 4.69) is 4.98 Å². The van der Waals surface area contributed by atoms with Gasteiger partial charge >= 0.3 is 0 Å². The summed E-state index contributed by atoms with van der Waals surface area (Å²) < 4.78 is 29.8. The van der Waals surface area contributed by atoms with E-state index in [-0.39, 0.29) is 11.1 Å². The van der Waals surface area contributed by atoms with Crippen molar-refractivity contribution in [2.24, 2.45) is 5.14 Å². The molecule has 17 heavy (non-hydrogen) atoms. The highest BCUT2D eigenvalue weighted by molar-refractivity contribution is 7.89. The highest BCUT2D eigenvalue weighted by Gasteiger charge is 2.22.